The molecular weight excluding hydrogens is 176 g/mol. The second kappa shape index (κ2) is 5.57. The fraction of sp³-hybridized carbons (Fsp3) is 0.500. The molecule has 0 saturated carbocycles. The van der Waals surface area contributed by atoms with Crippen molar-refractivity contribution >= 4 is 0 Å². The molecule has 0 spiro atoms. The summed E-state index contributed by atoms with van der Waals surface area (Å²) in [6.07, 6.45) is 8.70. The van der Waals surface area contributed by atoms with Crippen LogP contribution in [-0.2, 0) is 7.05 Å². The largest absolute Gasteiger partial charge is 0.337 e. The molecule has 0 aliphatic rings. The SMILES string of the molecule is C=CCCCC(NN)c1nccn1C. The molecule has 0 bridgehead atoms. The Morgan fingerprint density at radius 1 is 1.79 bits per heavy atom. The van der Waals surface area contributed by atoms with E-state index in [1.807, 2.05) is 23.9 Å². The minimum Gasteiger partial charge on any atom is -0.337 e. The van der Waals surface area contributed by atoms with E-state index in [0.717, 1.165) is 25.1 Å². The van der Waals surface area contributed by atoms with Crippen molar-refractivity contribution in [2.75, 3.05) is 0 Å². The Morgan fingerprint density at radius 3 is 3.07 bits per heavy atom. The molecule has 0 fully saturated rings. The second-order valence-electron chi connectivity index (χ2n) is 3.34. The van der Waals surface area contributed by atoms with E-state index in [4.69, 9.17) is 5.84 Å². The smallest absolute Gasteiger partial charge is 0.126 e. The van der Waals surface area contributed by atoms with Crippen LogP contribution in [0.4, 0.5) is 0 Å². The van der Waals surface area contributed by atoms with Crippen LogP contribution >= 0.6 is 0 Å². The lowest BCUT2D eigenvalue weighted by Gasteiger charge is -2.14. The van der Waals surface area contributed by atoms with Crippen molar-refractivity contribution in [3.05, 3.63) is 30.9 Å². The number of nitrogens with one attached hydrogen (secondary N) is 1. The summed E-state index contributed by atoms with van der Waals surface area (Å²) >= 11 is 0. The molecule has 0 aliphatic carbocycles. The lowest BCUT2D eigenvalue weighted by molar-refractivity contribution is 0.466. The number of hydrogen-bond acceptors (Lipinski definition) is 3. The number of rotatable bonds is 6. The van der Waals surface area contributed by atoms with Crippen LogP contribution in [0, 0.1) is 0 Å². The highest BCUT2D eigenvalue weighted by Crippen LogP contribution is 2.15. The fourth-order valence-electron chi connectivity index (χ4n) is 1.47. The number of allylic oxidation sites excluding steroid dienone is 1. The number of nitrogens with zero attached hydrogens (tertiary/aromatic N) is 2. The Morgan fingerprint density at radius 2 is 2.57 bits per heavy atom. The molecule has 1 aromatic heterocycles. The Labute approximate surface area is 84.8 Å². The van der Waals surface area contributed by atoms with Gasteiger partial charge in [0, 0.05) is 19.4 Å². The monoisotopic (exact) mass is 194 g/mol. The topological polar surface area (TPSA) is 55.9 Å². The first-order valence-corrected chi connectivity index (χ1v) is 4.83. The lowest BCUT2D eigenvalue weighted by Crippen LogP contribution is -2.29. The average molecular weight is 194 g/mol. The van der Waals surface area contributed by atoms with Crippen LogP contribution in [0.1, 0.15) is 31.1 Å². The van der Waals surface area contributed by atoms with Crippen LogP contribution in [-0.4, -0.2) is 9.55 Å². The van der Waals surface area contributed by atoms with E-state index in [0.29, 0.717) is 0 Å². The van der Waals surface area contributed by atoms with Crippen LogP contribution in [0.2, 0.25) is 0 Å². The van der Waals surface area contributed by atoms with E-state index in [2.05, 4.69) is 17.0 Å². The van der Waals surface area contributed by atoms with Gasteiger partial charge in [-0.05, 0) is 19.3 Å². The zero-order valence-electron chi connectivity index (χ0n) is 8.61. The van der Waals surface area contributed by atoms with E-state index in [1.165, 1.54) is 0 Å². The predicted molar refractivity (Wildman–Crippen MR) is 57.3 cm³/mol. The Bertz CT molecular complexity index is 279. The van der Waals surface area contributed by atoms with Crippen LogP contribution < -0.4 is 11.3 Å². The molecular formula is C10H18N4. The molecule has 78 valence electrons. The van der Waals surface area contributed by atoms with E-state index in [9.17, 15) is 0 Å². The summed E-state index contributed by atoms with van der Waals surface area (Å²) in [5.74, 6) is 6.47. The van der Waals surface area contributed by atoms with E-state index < -0.39 is 0 Å². The first-order valence-electron chi connectivity index (χ1n) is 4.83. The first-order chi connectivity index (χ1) is 6.79. The van der Waals surface area contributed by atoms with E-state index >= 15 is 0 Å². The summed E-state index contributed by atoms with van der Waals surface area (Å²) in [4.78, 5) is 4.26. The van der Waals surface area contributed by atoms with Crippen molar-refractivity contribution < 1.29 is 0 Å². The third-order valence-electron chi connectivity index (χ3n) is 2.27. The zero-order chi connectivity index (χ0) is 10.4. The van der Waals surface area contributed by atoms with Gasteiger partial charge in [0.1, 0.15) is 5.82 Å². The maximum atomic E-state index is 5.49. The number of aryl methyl sites for hydroxylation is 1. The summed E-state index contributed by atoms with van der Waals surface area (Å²) in [6.45, 7) is 3.69. The predicted octanol–water partition coefficient (Wildman–Crippen LogP) is 1.28. The zero-order valence-corrected chi connectivity index (χ0v) is 8.61. The summed E-state index contributed by atoms with van der Waals surface area (Å²) in [6, 6.07) is 0.134. The maximum absolute atomic E-state index is 5.49. The van der Waals surface area contributed by atoms with Crippen molar-refractivity contribution in [1.29, 1.82) is 0 Å². The van der Waals surface area contributed by atoms with Gasteiger partial charge in [0.15, 0.2) is 0 Å². The summed E-state index contributed by atoms with van der Waals surface area (Å²) in [5.41, 5.74) is 2.79. The lowest BCUT2D eigenvalue weighted by atomic mass is 10.1. The van der Waals surface area contributed by atoms with Crippen LogP contribution in [0.5, 0.6) is 0 Å². The highest BCUT2D eigenvalue weighted by atomic mass is 15.3. The molecule has 0 aromatic carbocycles. The van der Waals surface area contributed by atoms with Crippen molar-refractivity contribution in [3.8, 4) is 0 Å². The minimum atomic E-state index is 0.134. The molecule has 0 saturated heterocycles. The van der Waals surface area contributed by atoms with Crippen molar-refractivity contribution in [1.82, 2.24) is 15.0 Å². The number of aromatic nitrogens is 2. The van der Waals surface area contributed by atoms with Gasteiger partial charge in [-0.2, -0.15) is 0 Å². The molecule has 1 aromatic rings. The van der Waals surface area contributed by atoms with E-state index in [1.54, 1.807) is 6.20 Å². The standard InChI is InChI=1S/C10H18N4/c1-3-4-5-6-9(13-11)10-12-7-8-14(10)2/h3,7-9,13H,1,4-6,11H2,2H3. The maximum Gasteiger partial charge on any atom is 0.126 e. The highest BCUT2D eigenvalue weighted by molar-refractivity contribution is 4.98. The Balaban J connectivity index is 2.54. The number of unbranched alkanes of at least 4 members (excludes halogenated alkanes) is 1. The van der Waals surface area contributed by atoms with Crippen molar-refractivity contribution in [3.63, 3.8) is 0 Å². The van der Waals surface area contributed by atoms with Crippen molar-refractivity contribution in [2.24, 2.45) is 12.9 Å². The number of nitrogens with two attached hydrogens (primary N) is 1. The molecule has 4 heteroatoms. The fourth-order valence-corrected chi connectivity index (χ4v) is 1.47. The summed E-state index contributed by atoms with van der Waals surface area (Å²) in [7, 11) is 1.97. The van der Waals surface area contributed by atoms with Crippen LogP contribution in [0.3, 0.4) is 0 Å². The molecule has 1 atom stereocenters. The van der Waals surface area contributed by atoms with Crippen molar-refractivity contribution in [2.45, 2.75) is 25.3 Å². The molecule has 3 N–H and O–H groups in total. The molecule has 1 rings (SSSR count). The van der Waals surface area contributed by atoms with Gasteiger partial charge < -0.3 is 4.57 Å². The minimum absolute atomic E-state index is 0.134. The summed E-state index contributed by atoms with van der Waals surface area (Å²) < 4.78 is 1.98. The third-order valence-corrected chi connectivity index (χ3v) is 2.27. The molecule has 1 heterocycles. The first kappa shape index (κ1) is 10.9. The van der Waals surface area contributed by atoms with Gasteiger partial charge in [-0.3, -0.25) is 5.84 Å². The quantitative estimate of drug-likeness (QED) is 0.310. The van der Waals surface area contributed by atoms with E-state index in [-0.39, 0.29) is 6.04 Å². The molecule has 4 nitrogen and oxygen atoms in total. The Hall–Kier alpha value is -1.13. The summed E-state index contributed by atoms with van der Waals surface area (Å²) in [5, 5.41) is 0. The second-order valence-corrected chi connectivity index (χ2v) is 3.34. The average Bonchev–Trinajstić information content (AvgIpc) is 2.60. The number of hydrazine groups is 1. The Kier molecular flexibility index (Phi) is 4.35. The number of imidazole rings is 1. The van der Waals surface area contributed by atoms with Crippen LogP contribution in [0.25, 0.3) is 0 Å². The van der Waals surface area contributed by atoms with Gasteiger partial charge >= 0.3 is 0 Å². The highest BCUT2D eigenvalue weighted by Gasteiger charge is 2.12. The molecule has 0 aliphatic heterocycles. The number of hydrogen-bond donors (Lipinski definition) is 2. The van der Waals surface area contributed by atoms with Gasteiger partial charge in [-0.1, -0.05) is 6.08 Å². The van der Waals surface area contributed by atoms with Gasteiger partial charge in [0.25, 0.3) is 0 Å². The molecule has 0 radical (unpaired) electrons. The van der Waals surface area contributed by atoms with Gasteiger partial charge in [-0.25, -0.2) is 10.4 Å². The van der Waals surface area contributed by atoms with Gasteiger partial charge in [-0.15, -0.1) is 6.58 Å². The normalized spacial score (nSPS) is 12.7. The van der Waals surface area contributed by atoms with Gasteiger partial charge in [0.2, 0.25) is 0 Å². The molecule has 1 unspecified atom stereocenters. The molecule has 14 heavy (non-hydrogen) atoms. The van der Waals surface area contributed by atoms with Crippen LogP contribution in [0.15, 0.2) is 25.0 Å². The molecule has 0 amide bonds. The third kappa shape index (κ3) is 2.68. The van der Waals surface area contributed by atoms with Gasteiger partial charge in [0.05, 0.1) is 6.04 Å².